The fourth-order valence-corrected chi connectivity index (χ4v) is 2.80. The number of rotatable bonds is 6. The van der Waals surface area contributed by atoms with Gasteiger partial charge in [0.2, 0.25) is 0 Å². The van der Waals surface area contributed by atoms with Gasteiger partial charge < -0.3 is 9.84 Å². The minimum absolute atomic E-state index is 0.0440. The summed E-state index contributed by atoms with van der Waals surface area (Å²) in [6, 6.07) is 17.9. The fraction of sp³-hybridized carbons (Fsp3) is 0.250. The third-order valence-corrected chi connectivity index (χ3v) is 4.11. The van der Waals surface area contributed by atoms with E-state index in [1.54, 1.807) is 0 Å². The Morgan fingerprint density at radius 2 is 1.58 bits per heavy atom. The molecular formula is C20H22N2O2. The standard InChI is InChI=1S/C20H22N2O2/c1-14(2)19-18(20(23)22-21-19)12-15-8-6-7-9-16(15)13-24-17-10-4-3-5-11-17/h3-11,14H,12-13H2,1-2H3,(H2,21,22,23). The number of H-pyrrole nitrogens is 2. The Hall–Kier alpha value is -2.75. The van der Waals surface area contributed by atoms with Crippen molar-refractivity contribution in [1.29, 1.82) is 0 Å². The van der Waals surface area contributed by atoms with Crippen LogP contribution in [0.4, 0.5) is 0 Å². The highest BCUT2D eigenvalue weighted by molar-refractivity contribution is 5.34. The van der Waals surface area contributed by atoms with Crippen LogP contribution in [0.2, 0.25) is 0 Å². The van der Waals surface area contributed by atoms with Gasteiger partial charge in [0.05, 0.1) is 0 Å². The van der Waals surface area contributed by atoms with Crippen molar-refractivity contribution in [2.75, 3.05) is 0 Å². The average Bonchev–Trinajstić information content (AvgIpc) is 2.96. The van der Waals surface area contributed by atoms with Crippen molar-refractivity contribution in [3.63, 3.8) is 0 Å². The van der Waals surface area contributed by atoms with E-state index >= 15 is 0 Å². The Kier molecular flexibility index (Phi) is 4.85. The Morgan fingerprint density at radius 1 is 0.917 bits per heavy atom. The molecule has 0 unspecified atom stereocenters. The molecule has 2 N–H and O–H groups in total. The van der Waals surface area contributed by atoms with E-state index < -0.39 is 0 Å². The number of hydrogen-bond acceptors (Lipinski definition) is 2. The zero-order chi connectivity index (χ0) is 16.9. The molecule has 1 heterocycles. The molecule has 0 spiro atoms. The maximum atomic E-state index is 12.1. The van der Waals surface area contributed by atoms with Crippen molar-refractivity contribution < 1.29 is 4.74 Å². The van der Waals surface area contributed by atoms with Crippen molar-refractivity contribution >= 4 is 0 Å². The first-order chi connectivity index (χ1) is 11.6. The van der Waals surface area contributed by atoms with E-state index in [1.165, 1.54) is 0 Å². The van der Waals surface area contributed by atoms with Gasteiger partial charge in [0, 0.05) is 17.7 Å². The van der Waals surface area contributed by atoms with Gasteiger partial charge in [-0.05, 0) is 29.2 Å². The molecule has 0 aliphatic carbocycles. The predicted octanol–water partition coefficient (Wildman–Crippen LogP) is 4.00. The van der Waals surface area contributed by atoms with E-state index in [1.807, 2.05) is 48.5 Å². The van der Waals surface area contributed by atoms with E-state index in [0.717, 1.165) is 28.1 Å². The van der Waals surface area contributed by atoms with Gasteiger partial charge in [0.1, 0.15) is 12.4 Å². The summed E-state index contributed by atoms with van der Waals surface area (Å²) in [5.74, 6) is 1.11. The zero-order valence-corrected chi connectivity index (χ0v) is 14.0. The van der Waals surface area contributed by atoms with Crippen LogP contribution in [0.1, 0.15) is 42.1 Å². The Balaban J connectivity index is 1.82. The SMILES string of the molecule is CC(C)c1[nH][nH]c(=O)c1Cc1ccccc1COc1ccccc1. The molecule has 0 amide bonds. The Bertz CT molecular complexity index is 847. The normalized spacial score (nSPS) is 11.0. The fourth-order valence-electron chi connectivity index (χ4n) is 2.80. The summed E-state index contributed by atoms with van der Waals surface area (Å²) in [5.41, 5.74) is 3.94. The first kappa shape index (κ1) is 16.1. The highest BCUT2D eigenvalue weighted by atomic mass is 16.5. The number of ether oxygens (including phenoxy) is 1. The third kappa shape index (κ3) is 3.59. The van der Waals surface area contributed by atoms with Crippen LogP contribution in [0, 0.1) is 0 Å². The number of aromatic amines is 2. The maximum absolute atomic E-state index is 12.1. The molecule has 2 aromatic carbocycles. The van der Waals surface area contributed by atoms with E-state index in [9.17, 15) is 4.79 Å². The third-order valence-electron chi connectivity index (χ3n) is 4.11. The van der Waals surface area contributed by atoms with Crippen LogP contribution in [-0.4, -0.2) is 10.2 Å². The van der Waals surface area contributed by atoms with Crippen LogP contribution in [0.15, 0.2) is 59.4 Å². The summed E-state index contributed by atoms with van der Waals surface area (Å²) in [4.78, 5) is 12.1. The number of aromatic nitrogens is 2. The molecule has 0 saturated heterocycles. The van der Waals surface area contributed by atoms with Gasteiger partial charge >= 0.3 is 0 Å². The summed E-state index contributed by atoms with van der Waals surface area (Å²) in [6.07, 6.45) is 0.598. The molecule has 0 bridgehead atoms. The number of hydrogen-bond donors (Lipinski definition) is 2. The molecule has 0 aliphatic rings. The summed E-state index contributed by atoms with van der Waals surface area (Å²) in [6.45, 7) is 4.64. The predicted molar refractivity (Wildman–Crippen MR) is 95.5 cm³/mol. The summed E-state index contributed by atoms with van der Waals surface area (Å²) >= 11 is 0. The molecule has 4 nitrogen and oxygen atoms in total. The first-order valence-electron chi connectivity index (χ1n) is 8.19. The topological polar surface area (TPSA) is 57.9 Å². The molecule has 0 fully saturated rings. The van der Waals surface area contributed by atoms with E-state index in [0.29, 0.717) is 13.0 Å². The number of nitrogens with one attached hydrogen (secondary N) is 2. The van der Waals surface area contributed by atoms with Crippen molar-refractivity contribution in [1.82, 2.24) is 10.2 Å². The van der Waals surface area contributed by atoms with Gasteiger partial charge in [-0.25, -0.2) is 0 Å². The molecule has 24 heavy (non-hydrogen) atoms. The molecule has 4 heteroatoms. The van der Waals surface area contributed by atoms with Crippen LogP contribution in [0.3, 0.4) is 0 Å². The van der Waals surface area contributed by atoms with Gasteiger partial charge in [-0.15, -0.1) is 0 Å². The first-order valence-corrected chi connectivity index (χ1v) is 8.19. The molecule has 0 atom stereocenters. The molecule has 3 rings (SSSR count). The minimum Gasteiger partial charge on any atom is -0.489 e. The highest BCUT2D eigenvalue weighted by Gasteiger charge is 2.15. The van der Waals surface area contributed by atoms with Gasteiger partial charge in [0.25, 0.3) is 5.56 Å². The molecule has 0 aliphatic heterocycles. The van der Waals surface area contributed by atoms with Crippen LogP contribution >= 0.6 is 0 Å². The van der Waals surface area contributed by atoms with Gasteiger partial charge in [-0.2, -0.15) is 0 Å². The van der Waals surface area contributed by atoms with Crippen LogP contribution in [0.5, 0.6) is 5.75 Å². The van der Waals surface area contributed by atoms with Crippen molar-refractivity contribution in [2.45, 2.75) is 32.8 Å². The van der Waals surface area contributed by atoms with Gasteiger partial charge in [0.15, 0.2) is 0 Å². The smallest absolute Gasteiger partial charge is 0.267 e. The number of para-hydroxylation sites is 1. The van der Waals surface area contributed by atoms with Gasteiger partial charge in [-0.3, -0.25) is 9.89 Å². The second-order valence-electron chi connectivity index (χ2n) is 6.17. The van der Waals surface area contributed by atoms with Crippen molar-refractivity contribution in [3.05, 3.63) is 87.3 Å². The van der Waals surface area contributed by atoms with E-state index in [-0.39, 0.29) is 11.5 Å². The monoisotopic (exact) mass is 322 g/mol. The second kappa shape index (κ2) is 7.21. The van der Waals surface area contributed by atoms with Crippen molar-refractivity contribution in [2.24, 2.45) is 0 Å². The lowest BCUT2D eigenvalue weighted by Crippen LogP contribution is -2.10. The second-order valence-corrected chi connectivity index (χ2v) is 6.17. The highest BCUT2D eigenvalue weighted by Crippen LogP contribution is 2.20. The van der Waals surface area contributed by atoms with E-state index in [4.69, 9.17) is 4.74 Å². The molecule has 0 saturated carbocycles. The summed E-state index contributed by atoms with van der Waals surface area (Å²) in [5, 5.41) is 5.71. The minimum atomic E-state index is -0.0440. The summed E-state index contributed by atoms with van der Waals surface area (Å²) in [7, 11) is 0. The van der Waals surface area contributed by atoms with Crippen molar-refractivity contribution in [3.8, 4) is 5.75 Å². The number of benzene rings is 2. The molecular weight excluding hydrogens is 300 g/mol. The zero-order valence-electron chi connectivity index (χ0n) is 14.0. The molecule has 1 aromatic heterocycles. The molecule has 0 radical (unpaired) electrons. The lowest BCUT2D eigenvalue weighted by molar-refractivity contribution is 0.305. The van der Waals surface area contributed by atoms with Crippen LogP contribution < -0.4 is 10.3 Å². The van der Waals surface area contributed by atoms with Crippen LogP contribution in [-0.2, 0) is 13.0 Å². The summed E-state index contributed by atoms with van der Waals surface area (Å²) < 4.78 is 5.87. The largest absolute Gasteiger partial charge is 0.489 e. The molecule has 3 aromatic rings. The van der Waals surface area contributed by atoms with E-state index in [2.05, 4.69) is 30.1 Å². The van der Waals surface area contributed by atoms with Gasteiger partial charge in [-0.1, -0.05) is 56.3 Å². The lowest BCUT2D eigenvalue weighted by atomic mass is 9.97. The maximum Gasteiger partial charge on any atom is 0.267 e. The molecule has 124 valence electrons. The van der Waals surface area contributed by atoms with Crippen LogP contribution in [0.25, 0.3) is 0 Å². The quantitative estimate of drug-likeness (QED) is 0.721. The Morgan fingerprint density at radius 3 is 2.29 bits per heavy atom. The average molecular weight is 322 g/mol. The lowest BCUT2D eigenvalue weighted by Gasteiger charge is -2.12. The Labute approximate surface area is 141 Å².